The van der Waals surface area contributed by atoms with E-state index >= 15 is 0 Å². The molecule has 3 heterocycles. The minimum atomic E-state index is -4.45. The van der Waals surface area contributed by atoms with Gasteiger partial charge in [0.15, 0.2) is 12.1 Å². The summed E-state index contributed by atoms with van der Waals surface area (Å²) in [7, 11) is 0. The first-order valence-corrected chi connectivity index (χ1v) is 8.62. The zero-order valence-corrected chi connectivity index (χ0v) is 14.9. The van der Waals surface area contributed by atoms with E-state index in [1.165, 1.54) is 31.0 Å². The third kappa shape index (κ3) is 4.13. The van der Waals surface area contributed by atoms with Crippen molar-refractivity contribution in [1.82, 2.24) is 19.9 Å². The maximum absolute atomic E-state index is 12.9. The molecule has 1 aliphatic rings. The van der Waals surface area contributed by atoms with E-state index in [0.29, 0.717) is 24.5 Å². The lowest BCUT2D eigenvalue weighted by molar-refractivity contribution is -0.137. The average Bonchev–Trinajstić information content (AvgIpc) is 3.14. The van der Waals surface area contributed by atoms with Crippen LogP contribution in [0.5, 0.6) is 0 Å². The highest BCUT2D eigenvalue weighted by atomic mass is 19.4. The summed E-state index contributed by atoms with van der Waals surface area (Å²) in [5.41, 5.74) is 0.795. The van der Waals surface area contributed by atoms with Crippen LogP contribution in [-0.2, 0) is 12.7 Å². The molecule has 29 heavy (non-hydrogen) atoms. The summed E-state index contributed by atoms with van der Waals surface area (Å²) in [4.78, 5) is 26.5. The van der Waals surface area contributed by atoms with Gasteiger partial charge in [-0.2, -0.15) is 13.2 Å². The topological polar surface area (TPSA) is 96.2 Å². The monoisotopic (exact) mass is 404 g/mol. The van der Waals surface area contributed by atoms with Crippen molar-refractivity contribution < 1.29 is 22.4 Å². The van der Waals surface area contributed by atoms with Gasteiger partial charge in [-0.3, -0.25) is 4.79 Å². The van der Waals surface area contributed by atoms with Gasteiger partial charge in [-0.25, -0.2) is 15.0 Å². The van der Waals surface area contributed by atoms with Crippen molar-refractivity contribution in [3.05, 3.63) is 60.1 Å². The number of carbonyl (C=O) groups excluding carboxylic acids is 1. The van der Waals surface area contributed by atoms with Crippen LogP contribution in [0.2, 0.25) is 0 Å². The summed E-state index contributed by atoms with van der Waals surface area (Å²) in [6.07, 6.45) is -0.473. The number of fused-ring (bicyclic) bond motifs is 1. The largest absolute Gasteiger partial charge is 0.451 e. The molecule has 1 amide bonds. The van der Waals surface area contributed by atoms with Gasteiger partial charge in [0.05, 0.1) is 29.7 Å². The Morgan fingerprint density at radius 3 is 2.90 bits per heavy atom. The summed E-state index contributed by atoms with van der Waals surface area (Å²) in [5.74, 6) is -0.181. The summed E-state index contributed by atoms with van der Waals surface area (Å²) in [6.45, 7) is 1.09. The third-order valence-corrected chi connectivity index (χ3v) is 4.29. The molecule has 0 atom stereocenters. The van der Waals surface area contributed by atoms with Crippen molar-refractivity contribution in [2.24, 2.45) is 0 Å². The van der Waals surface area contributed by atoms with E-state index in [1.54, 1.807) is 4.90 Å². The number of hydrogen-bond acceptors (Lipinski definition) is 7. The van der Waals surface area contributed by atoms with Crippen LogP contribution in [-0.4, -0.2) is 38.8 Å². The molecule has 2 aromatic heterocycles. The molecule has 4 rings (SSSR count). The molecular formula is C18H15F3N6O2. The first-order valence-electron chi connectivity index (χ1n) is 8.62. The zero-order valence-electron chi connectivity index (χ0n) is 14.9. The molecule has 0 fully saturated rings. The molecule has 0 radical (unpaired) electrons. The van der Waals surface area contributed by atoms with Crippen LogP contribution in [0, 0.1) is 0 Å². The Balaban J connectivity index is 1.56. The number of anilines is 3. The Morgan fingerprint density at radius 2 is 2.14 bits per heavy atom. The van der Waals surface area contributed by atoms with Crippen molar-refractivity contribution in [2.45, 2.75) is 12.7 Å². The summed E-state index contributed by atoms with van der Waals surface area (Å²) >= 11 is 0. The van der Waals surface area contributed by atoms with E-state index in [9.17, 15) is 18.0 Å². The van der Waals surface area contributed by atoms with Gasteiger partial charge in [0.25, 0.3) is 5.91 Å². The predicted molar refractivity (Wildman–Crippen MR) is 96.5 cm³/mol. The standard InChI is InChI=1S/C18H15F3N6O2/c19-18(20,21)11-2-1-3-12(6-11)25-17-23-7-13-14(26-17)8-27(5-4-22-13)16(28)15-9-29-10-24-15/h1-3,6-7,9-10,22H,4-5,8H2,(H,23,25,26). The van der Waals surface area contributed by atoms with Gasteiger partial charge in [-0.15, -0.1) is 0 Å². The molecule has 150 valence electrons. The maximum atomic E-state index is 12.9. The van der Waals surface area contributed by atoms with Gasteiger partial charge in [0.1, 0.15) is 6.26 Å². The number of halogens is 3. The number of alkyl halides is 3. The second kappa shape index (κ2) is 7.41. The second-order valence-corrected chi connectivity index (χ2v) is 6.28. The molecule has 2 N–H and O–H groups in total. The van der Waals surface area contributed by atoms with E-state index in [4.69, 9.17) is 4.42 Å². The molecular weight excluding hydrogens is 389 g/mol. The molecule has 1 aromatic carbocycles. The molecule has 0 aliphatic carbocycles. The van der Waals surface area contributed by atoms with Gasteiger partial charge in [0, 0.05) is 18.8 Å². The van der Waals surface area contributed by atoms with Crippen LogP contribution < -0.4 is 10.6 Å². The van der Waals surface area contributed by atoms with Crippen LogP contribution in [0.3, 0.4) is 0 Å². The molecule has 1 aliphatic heterocycles. The van der Waals surface area contributed by atoms with Crippen LogP contribution >= 0.6 is 0 Å². The fourth-order valence-corrected chi connectivity index (χ4v) is 2.89. The zero-order chi connectivity index (χ0) is 20.4. The van der Waals surface area contributed by atoms with Crippen molar-refractivity contribution in [1.29, 1.82) is 0 Å². The van der Waals surface area contributed by atoms with Gasteiger partial charge < -0.3 is 20.0 Å². The molecule has 0 saturated carbocycles. The Morgan fingerprint density at radius 1 is 1.28 bits per heavy atom. The SMILES string of the molecule is O=C(c1cocn1)N1CCNc2cnc(Nc3cccc(C(F)(F)F)c3)nc2C1. The molecule has 0 bridgehead atoms. The maximum Gasteiger partial charge on any atom is 0.416 e. The number of amides is 1. The number of rotatable bonds is 3. The second-order valence-electron chi connectivity index (χ2n) is 6.28. The van der Waals surface area contributed by atoms with Crippen molar-refractivity contribution in [3.8, 4) is 0 Å². The third-order valence-electron chi connectivity index (χ3n) is 4.29. The predicted octanol–water partition coefficient (Wildman–Crippen LogP) is 3.29. The molecule has 3 aromatic rings. The van der Waals surface area contributed by atoms with E-state index in [-0.39, 0.29) is 29.8 Å². The quantitative estimate of drug-likeness (QED) is 0.692. The highest BCUT2D eigenvalue weighted by Gasteiger charge is 2.30. The Labute approximate surface area is 162 Å². The first-order chi connectivity index (χ1) is 13.9. The number of nitrogens with one attached hydrogen (secondary N) is 2. The van der Waals surface area contributed by atoms with Crippen molar-refractivity contribution >= 4 is 23.2 Å². The smallest absolute Gasteiger partial charge is 0.416 e. The minimum absolute atomic E-state index is 0.126. The molecule has 0 unspecified atom stereocenters. The fourth-order valence-electron chi connectivity index (χ4n) is 2.89. The van der Waals surface area contributed by atoms with Gasteiger partial charge in [-0.1, -0.05) is 6.07 Å². The van der Waals surface area contributed by atoms with Crippen LogP contribution in [0.25, 0.3) is 0 Å². The summed E-state index contributed by atoms with van der Waals surface area (Å²) in [6, 6.07) is 4.76. The molecule has 11 heteroatoms. The lowest BCUT2D eigenvalue weighted by Gasteiger charge is -2.18. The number of benzene rings is 1. The number of carbonyl (C=O) groups is 1. The molecule has 0 saturated heterocycles. The van der Waals surface area contributed by atoms with Gasteiger partial charge in [0.2, 0.25) is 5.95 Å². The van der Waals surface area contributed by atoms with Gasteiger partial charge in [-0.05, 0) is 18.2 Å². The lowest BCUT2D eigenvalue weighted by atomic mass is 10.2. The Bertz CT molecular complexity index is 1020. The summed E-state index contributed by atoms with van der Waals surface area (Å²) in [5, 5.41) is 5.91. The van der Waals surface area contributed by atoms with Crippen LogP contribution in [0.1, 0.15) is 21.7 Å². The Hall–Kier alpha value is -3.63. The fraction of sp³-hybridized carbons (Fsp3) is 0.222. The average molecular weight is 404 g/mol. The van der Waals surface area contributed by atoms with Crippen molar-refractivity contribution in [2.75, 3.05) is 23.7 Å². The number of aromatic nitrogens is 3. The number of hydrogen-bond donors (Lipinski definition) is 2. The summed E-state index contributed by atoms with van der Waals surface area (Å²) < 4.78 is 43.5. The van der Waals surface area contributed by atoms with Crippen molar-refractivity contribution in [3.63, 3.8) is 0 Å². The number of oxazole rings is 1. The molecule has 0 spiro atoms. The van der Waals surface area contributed by atoms with E-state index < -0.39 is 11.7 Å². The highest BCUT2D eigenvalue weighted by Crippen LogP contribution is 2.31. The molecule has 8 nitrogen and oxygen atoms in total. The minimum Gasteiger partial charge on any atom is -0.451 e. The normalized spacial score (nSPS) is 14.0. The highest BCUT2D eigenvalue weighted by molar-refractivity contribution is 5.92. The first kappa shape index (κ1) is 18.7. The van der Waals surface area contributed by atoms with E-state index in [1.807, 2.05) is 0 Å². The van der Waals surface area contributed by atoms with Gasteiger partial charge >= 0.3 is 6.18 Å². The van der Waals surface area contributed by atoms with Crippen LogP contribution in [0.15, 0.2) is 47.5 Å². The lowest BCUT2D eigenvalue weighted by Crippen LogP contribution is -2.33. The van der Waals surface area contributed by atoms with Crippen LogP contribution in [0.4, 0.5) is 30.5 Å². The van der Waals surface area contributed by atoms with E-state index in [0.717, 1.165) is 12.1 Å². The number of nitrogens with zero attached hydrogens (tertiary/aromatic N) is 4. The Kier molecular flexibility index (Phi) is 4.79. The van der Waals surface area contributed by atoms with E-state index in [2.05, 4.69) is 25.6 Å².